The van der Waals surface area contributed by atoms with Crippen molar-refractivity contribution < 1.29 is 35.8 Å². The number of hydrogen-bond donors (Lipinski definition) is 0. The van der Waals surface area contributed by atoms with Crippen LogP contribution in [0.15, 0.2) is 206 Å². The first kappa shape index (κ1) is 49.7. The maximum absolute atomic E-state index is 14.1. The Hall–Kier alpha value is -8.58. The molecule has 0 unspecified atom stereocenters. The molecule has 2 aromatic heterocycles. The van der Waals surface area contributed by atoms with Crippen LogP contribution in [0.4, 0.5) is 60.5 Å². The average Bonchev–Trinajstić information content (AvgIpc) is 4.30. The highest BCUT2D eigenvalue weighted by molar-refractivity contribution is 7.27. The molecule has 4 nitrogen and oxygen atoms in total. The molecule has 0 saturated carbocycles. The maximum Gasteiger partial charge on any atom is 0.573 e. The van der Waals surface area contributed by atoms with E-state index in [1.165, 1.54) is 24.3 Å². The predicted octanol–water partition coefficient (Wildman–Crippen LogP) is 20.8. The number of benzene rings is 10. The van der Waals surface area contributed by atoms with Crippen LogP contribution in [0, 0.1) is 13.8 Å². The van der Waals surface area contributed by atoms with Crippen molar-refractivity contribution in [2.24, 2.45) is 0 Å². The molecule has 1 spiro atoms. The van der Waals surface area contributed by atoms with E-state index in [0.29, 0.717) is 22.7 Å². The number of fused-ring (bicyclic) bond motifs is 15. The third-order valence-electron chi connectivity index (χ3n) is 16.1. The summed E-state index contributed by atoms with van der Waals surface area (Å²) in [5.74, 6) is -0.702. The van der Waals surface area contributed by atoms with Crippen molar-refractivity contribution in [2.75, 3.05) is 9.80 Å². The second kappa shape index (κ2) is 18.0. The summed E-state index contributed by atoms with van der Waals surface area (Å²) in [6.45, 7) is 8.66. The Morgan fingerprint density at radius 2 is 0.725 bits per heavy atom. The fourth-order valence-electron chi connectivity index (χ4n) is 12.9. The lowest BCUT2D eigenvalue weighted by Crippen LogP contribution is -2.40. The minimum absolute atomic E-state index is 0.351. The van der Waals surface area contributed by atoms with E-state index in [9.17, 15) is 26.3 Å². The van der Waals surface area contributed by atoms with Crippen LogP contribution in [0.1, 0.15) is 58.4 Å². The molecule has 0 atom stereocenters. The number of hydrogen-bond acceptors (Lipinski definition) is 6. The van der Waals surface area contributed by atoms with Gasteiger partial charge in [0.1, 0.15) is 11.5 Å². The van der Waals surface area contributed by atoms with Gasteiger partial charge in [-0.1, -0.05) is 147 Å². The Morgan fingerprint density at radius 3 is 1.14 bits per heavy atom. The van der Waals surface area contributed by atoms with Crippen LogP contribution in [0.5, 0.6) is 11.5 Å². The Morgan fingerprint density at radius 1 is 0.362 bits per heavy atom. The fraction of sp³-hybridized carbons (Fsp3) is 0.118. The predicted molar refractivity (Wildman–Crippen MR) is 314 cm³/mol. The standard InChI is InChI=1S/C68H46F6N2O2S2/c1-39-15-9-21-49-51-23-13-29-59(63(51)79-61(39)49)75(41-17-11-19-45(35-41)77-67(69,70)71)43-31-33-47-48-34-32-44(38-58(48)66(57(47)37-43)55-27-7-5-25-53(55)65(3,4)54-26-6-8-28-56(54)66)76(42-18-12-20-46(36-42)78-68(72,73)74)60-30-14-24-52-50-22-10-16-40(2)62(50)80-64(52)60/h5-38H,1-4H3. The molecule has 10 aromatic carbocycles. The van der Waals surface area contributed by atoms with Crippen LogP contribution in [-0.4, -0.2) is 12.7 Å². The third-order valence-corrected chi connectivity index (χ3v) is 18.9. The molecular formula is C68H46F6N2O2S2. The van der Waals surface area contributed by atoms with Crippen molar-refractivity contribution in [3.05, 3.63) is 251 Å². The lowest BCUT2D eigenvalue weighted by atomic mass is 9.55. The molecule has 14 rings (SSSR count). The van der Waals surface area contributed by atoms with Crippen LogP contribution in [0.2, 0.25) is 0 Å². The minimum atomic E-state index is -4.93. The van der Waals surface area contributed by atoms with Gasteiger partial charge in [-0.3, -0.25) is 0 Å². The number of anilines is 6. The summed E-state index contributed by atoms with van der Waals surface area (Å²) in [5.41, 5.74) is 12.8. The molecule has 80 heavy (non-hydrogen) atoms. The van der Waals surface area contributed by atoms with E-state index < -0.39 is 23.6 Å². The Balaban J connectivity index is 1.06. The van der Waals surface area contributed by atoms with E-state index in [1.54, 1.807) is 46.9 Å². The van der Waals surface area contributed by atoms with Gasteiger partial charge in [-0.15, -0.1) is 49.0 Å². The molecule has 12 heteroatoms. The molecule has 0 saturated heterocycles. The molecule has 2 aliphatic carbocycles. The fourth-order valence-corrected chi connectivity index (χ4v) is 15.4. The second-order valence-corrected chi connectivity index (χ2v) is 23.1. The van der Waals surface area contributed by atoms with E-state index in [4.69, 9.17) is 0 Å². The zero-order valence-electron chi connectivity index (χ0n) is 43.4. The lowest BCUT2D eigenvalue weighted by molar-refractivity contribution is -0.275. The number of thiophene rings is 2. The summed E-state index contributed by atoms with van der Waals surface area (Å²) in [4.78, 5) is 4.07. The smallest absolute Gasteiger partial charge is 0.406 e. The summed E-state index contributed by atoms with van der Waals surface area (Å²) in [5, 5.41) is 4.22. The largest absolute Gasteiger partial charge is 0.573 e. The molecule has 2 aliphatic rings. The second-order valence-electron chi connectivity index (χ2n) is 21.1. The summed E-state index contributed by atoms with van der Waals surface area (Å²) in [7, 11) is 0. The van der Waals surface area contributed by atoms with Gasteiger partial charge in [-0.2, -0.15) is 0 Å². The van der Waals surface area contributed by atoms with Crippen molar-refractivity contribution in [3.8, 4) is 22.6 Å². The normalized spacial score (nSPS) is 14.1. The van der Waals surface area contributed by atoms with E-state index in [-0.39, 0.29) is 11.5 Å². The lowest BCUT2D eigenvalue weighted by Gasteiger charge is -2.47. The molecule has 0 fully saturated rings. The quantitative estimate of drug-likeness (QED) is 0.142. The van der Waals surface area contributed by atoms with E-state index in [2.05, 4.69) is 146 Å². The zero-order chi connectivity index (χ0) is 55.0. The van der Waals surface area contributed by atoms with Crippen molar-refractivity contribution in [1.82, 2.24) is 0 Å². The molecule has 0 amide bonds. The molecule has 0 radical (unpaired) electrons. The highest BCUT2D eigenvalue weighted by Gasteiger charge is 2.54. The van der Waals surface area contributed by atoms with Crippen molar-refractivity contribution in [1.29, 1.82) is 0 Å². The van der Waals surface area contributed by atoms with E-state index in [1.807, 2.05) is 58.3 Å². The summed E-state index contributed by atoms with van der Waals surface area (Å²) in [6, 6.07) is 66.8. The highest BCUT2D eigenvalue weighted by Crippen LogP contribution is 2.64. The van der Waals surface area contributed by atoms with Crippen LogP contribution in [0.3, 0.4) is 0 Å². The number of nitrogens with zero attached hydrogens (tertiary/aromatic N) is 2. The van der Waals surface area contributed by atoms with Crippen molar-refractivity contribution in [3.63, 3.8) is 0 Å². The topological polar surface area (TPSA) is 24.9 Å². The van der Waals surface area contributed by atoms with Gasteiger partial charge in [0.25, 0.3) is 0 Å². The molecule has 0 bridgehead atoms. The van der Waals surface area contributed by atoms with Gasteiger partial charge in [0.15, 0.2) is 0 Å². The SMILES string of the molecule is Cc1cccc2c1sc1c(N(c3cccc(OC(F)(F)F)c3)c3ccc4c(c3)C3(c5cc(N(c6cccc(OC(F)(F)F)c6)c6cccc7c6sc6c(C)cccc67)ccc5-4)c4ccccc4C(C)(C)c4ccccc43)cccc12. The number of halogens is 6. The van der Waals surface area contributed by atoms with Crippen molar-refractivity contribution in [2.45, 2.75) is 51.2 Å². The highest BCUT2D eigenvalue weighted by atomic mass is 32.1. The molecule has 2 heterocycles. The van der Waals surface area contributed by atoms with Crippen LogP contribution in [-0.2, 0) is 10.8 Å². The van der Waals surface area contributed by atoms with Crippen LogP contribution >= 0.6 is 22.7 Å². The Bertz CT molecular complexity index is 4230. The molecule has 0 N–H and O–H groups in total. The van der Waals surface area contributed by atoms with Gasteiger partial charge in [0.05, 0.1) is 26.2 Å². The Kier molecular flexibility index (Phi) is 11.2. The number of alkyl halides is 6. The summed E-state index contributed by atoms with van der Waals surface area (Å²) in [6.07, 6.45) is -9.85. The van der Waals surface area contributed by atoms with Gasteiger partial charge >= 0.3 is 12.7 Å². The van der Waals surface area contributed by atoms with E-state index >= 15 is 0 Å². The van der Waals surface area contributed by atoms with Gasteiger partial charge in [-0.25, -0.2) is 0 Å². The van der Waals surface area contributed by atoms with Gasteiger partial charge < -0.3 is 19.3 Å². The van der Waals surface area contributed by atoms with Crippen LogP contribution < -0.4 is 19.3 Å². The number of rotatable bonds is 8. The number of aryl methyl sites for hydroxylation is 2. The van der Waals surface area contributed by atoms with Crippen molar-refractivity contribution >= 4 is 97.1 Å². The first-order valence-electron chi connectivity index (χ1n) is 26.1. The van der Waals surface area contributed by atoms with Gasteiger partial charge in [0, 0.05) is 71.2 Å². The minimum Gasteiger partial charge on any atom is -0.406 e. The summed E-state index contributed by atoms with van der Waals surface area (Å²) < 4.78 is 97.7. The third kappa shape index (κ3) is 7.70. The first-order valence-corrected chi connectivity index (χ1v) is 27.7. The Labute approximate surface area is 464 Å². The van der Waals surface area contributed by atoms with Gasteiger partial charge in [0.2, 0.25) is 0 Å². The molecule has 394 valence electrons. The first-order chi connectivity index (χ1) is 38.5. The molecule has 0 aliphatic heterocycles. The average molecular weight is 1100 g/mol. The maximum atomic E-state index is 14.1. The zero-order valence-corrected chi connectivity index (χ0v) is 45.1. The molecular weight excluding hydrogens is 1050 g/mol. The summed E-state index contributed by atoms with van der Waals surface area (Å²) >= 11 is 3.30. The number of ether oxygens (including phenoxy) is 2. The van der Waals surface area contributed by atoms with Crippen LogP contribution in [0.25, 0.3) is 51.5 Å². The monoisotopic (exact) mass is 1100 g/mol. The van der Waals surface area contributed by atoms with Gasteiger partial charge in [-0.05, 0) is 130 Å². The molecule has 12 aromatic rings. The van der Waals surface area contributed by atoms with E-state index in [0.717, 1.165) is 107 Å².